The second-order valence-corrected chi connectivity index (χ2v) is 12.6. The number of aliphatic carboxylic acids is 1. The maximum Gasteiger partial charge on any atom is 0.307 e. The molecule has 222 valence electrons. The monoisotopic (exact) mass is 575 g/mol. The number of ether oxygens (including phenoxy) is 2. The van der Waals surface area contributed by atoms with E-state index in [1.54, 1.807) is 0 Å². The number of carboxylic acid groups (broad SMARTS) is 1. The van der Waals surface area contributed by atoms with Crippen molar-refractivity contribution in [2.24, 2.45) is 7.05 Å². The smallest absolute Gasteiger partial charge is 0.307 e. The molecule has 1 aromatic carbocycles. The van der Waals surface area contributed by atoms with Crippen LogP contribution in [0, 0.1) is 19.7 Å². The Bertz CT molecular complexity index is 1730. The molecule has 0 saturated carbocycles. The number of nitrogens with zero attached hydrogens (tertiary/aromatic N) is 5. The van der Waals surface area contributed by atoms with Crippen LogP contribution in [-0.2, 0) is 24.7 Å². The number of carboxylic acids is 1. The Morgan fingerprint density at radius 1 is 1.21 bits per heavy atom. The van der Waals surface area contributed by atoms with Gasteiger partial charge in [-0.2, -0.15) is 9.49 Å². The van der Waals surface area contributed by atoms with Crippen molar-refractivity contribution in [2.45, 2.75) is 65.5 Å². The SMILES string of the molecule is Cc1nc2c(cc(-c3ccn(C4CN(C)C4)n3)n2C)c(-c2c(C)c3c(c(F)c2OC(C)(C)C)OCCC3)c1CC(=O)O. The van der Waals surface area contributed by atoms with Gasteiger partial charge in [0.1, 0.15) is 16.9 Å². The molecular formula is C32H38FN5O4. The van der Waals surface area contributed by atoms with Crippen molar-refractivity contribution in [3.05, 3.63) is 46.5 Å². The first-order chi connectivity index (χ1) is 19.8. The summed E-state index contributed by atoms with van der Waals surface area (Å²) in [6.45, 7) is 11.7. The van der Waals surface area contributed by atoms with E-state index in [2.05, 4.69) is 11.9 Å². The lowest BCUT2D eigenvalue weighted by Crippen LogP contribution is -2.45. The molecule has 10 heteroatoms. The van der Waals surface area contributed by atoms with Crippen molar-refractivity contribution >= 4 is 17.0 Å². The van der Waals surface area contributed by atoms with Crippen molar-refractivity contribution in [1.29, 1.82) is 0 Å². The number of hydrogen-bond acceptors (Lipinski definition) is 6. The minimum Gasteiger partial charge on any atom is -0.490 e. The number of aryl methyl sites for hydroxylation is 2. The lowest BCUT2D eigenvalue weighted by atomic mass is 9.86. The summed E-state index contributed by atoms with van der Waals surface area (Å²) in [7, 11) is 4.02. The van der Waals surface area contributed by atoms with E-state index in [0.29, 0.717) is 47.1 Å². The van der Waals surface area contributed by atoms with Crippen LogP contribution in [0.1, 0.15) is 55.6 Å². The standard InChI is InChI=1S/C32H38FN5O4/c1-17-20-9-8-12-41-29(20)28(33)30(42-32(3,4)5)26(17)27-21(14-25(39)40)18(2)34-31-22(27)13-24(37(31)7)23-10-11-38(35-23)19-15-36(6)16-19/h10-11,13,19H,8-9,12,14-16H2,1-7H3,(H,39,40). The third-order valence-electron chi connectivity index (χ3n) is 8.30. The molecule has 0 amide bonds. The van der Waals surface area contributed by atoms with Crippen LogP contribution in [0.15, 0.2) is 18.3 Å². The van der Waals surface area contributed by atoms with E-state index in [1.165, 1.54) is 0 Å². The van der Waals surface area contributed by atoms with E-state index in [9.17, 15) is 9.90 Å². The Morgan fingerprint density at radius 3 is 2.62 bits per heavy atom. The summed E-state index contributed by atoms with van der Waals surface area (Å²) in [6.07, 6.45) is 3.17. The quantitative estimate of drug-likeness (QED) is 0.326. The van der Waals surface area contributed by atoms with Crippen LogP contribution in [0.3, 0.4) is 0 Å². The number of fused-ring (bicyclic) bond motifs is 2. The van der Waals surface area contributed by atoms with Gasteiger partial charge in [0.05, 0.1) is 24.8 Å². The molecule has 42 heavy (non-hydrogen) atoms. The molecule has 0 unspecified atom stereocenters. The van der Waals surface area contributed by atoms with Crippen molar-refractivity contribution in [1.82, 2.24) is 24.2 Å². The molecule has 3 aromatic heterocycles. The van der Waals surface area contributed by atoms with E-state index in [4.69, 9.17) is 19.6 Å². The first kappa shape index (κ1) is 28.2. The van der Waals surface area contributed by atoms with Crippen molar-refractivity contribution < 1.29 is 23.8 Å². The maximum atomic E-state index is 16.4. The van der Waals surface area contributed by atoms with Crippen LogP contribution < -0.4 is 9.47 Å². The Morgan fingerprint density at radius 2 is 1.95 bits per heavy atom. The number of benzene rings is 1. The lowest BCUT2D eigenvalue weighted by molar-refractivity contribution is -0.136. The maximum absolute atomic E-state index is 16.4. The van der Waals surface area contributed by atoms with Crippen LogP contribution in [0.4, 0.5) is 4.39 Å². The summed E-state index contributed by atoms with van der Waals surface area (Å²) < 4.78 is 32.6. The second kappa shape index (κ2) is 10.1. The molecule has 2 aliphatic rings. The van der Waals surface area contributed by atoms with Gasteiger partial charge in [0.25, 0.3) is 0 Å². The predicted octanol–water partition coefficient (Wildman–Crippen LogP) is 5.48. The average Bonchev–Trinajstić information content (AvgIpc) is 3.50. The Hall–Kier alpha value is -3.92. The summed E-state index contributed by atoms with van der Waals surface area (Å²) in [5, 5.41) is 15.6. The van der Waals surface area contributed by atoms with E-state index in [0.717, 1.165) is 47.4 Å². The highest BCUT2D eigenvalue weighted by Gasteiger charge is 2.33. The summed E-state index contributed by atoms with van der Waals surface area (Å²) in [6, 6.07) is 4.32. The minimum absolute atomic E-state index is 0.0722. The van der Waals surface area contributed by atoms with Gasteiger partial charge in [-0.05, 0) is 77.8 Å². The number of pyridine rings is 1. The number of carbonyl (C=O) groups is 1. The molecule has 9 nitrogen and oxygen atoms in total. The van der Waals surface area contributed by atoms with Gasteiger partial charge < -0.3 is 24.0 Å². The molecule has 1 fully saturated rings. The van der Waals surface area contributed by atoms with Gasteiger partial charge in [0.15, 0.2) is 11.5 Å². The topological polar surface area (TPSA) is 94.6 Å². The number of hydrogen-bond donors (Lipinski definition) is 1. The Labute approximate surface area is 244 Å². The van der Waals surface area contributed by atoms with Gasteiger partial charge in [0.2, 0.25) is 5.82 Å². The lowest BCUT2D eigenvalue weighted by Gasteiger charge is -2.36. The third-order valence-corrected chi connectivity index (χ3v) is 8.30. The fourth-order valence-corrected chi connectivity index (χ4v) is 6.31. The molecule has 6 rings (SSSR count). The van der Waals surface area contributed by atoms with Crippen molar-refractivity contribution in [3.8, 4) is 34.0 Å². The van der Waals surface area contributed by atoms with Gasteiger partial charge in [-0.1, -0.05) is 0 Å². The Balaban J connectivity index is 1.65. The molecule has 0 spiro atoms. The normalized spacial score (nSPS) is 15.9. The van der Waals surface area contributed by atoms with Gasteiger partial charge in [-0.3, -0.25) is 9.48 Å². The number of likely N-dealkylation sites (tertiary alicyclic amines) is 1. The summed E-state index contributed by atoms with van der Waals surface area (Å²) in [4.78, 5) is 19.3. The molecule has 4 aromatic rings. The van der Waals surface area contributed by atoms with E-state index >= 15 is 4.39 Å². The summed E-state index contributed by atoms with van der Waals surface area (Å²) in [5.74, 6) is -1.24. The number of likely N-dealkylation sites (N-methyl/N-ethyl adjacent to an activating group) is 1. The van der Waals surface area contributed by atoms with Crippen LogP contribution in [0.2, 0.25) is 0 Å². The zero-order valence-corrected chi connectivity index (χ0v) is 25.3. The van der Waals surface area contributed by atoms with Gasteiger partial charge in [-0.15, -0.1) is 0 Å². The first-order valence-electron chi connectivity index (χ1n) is 14.5. The van der Waals surface area contributed by atoms with Crippen LogP contribution >= 0.6 is 0 Å². The zero-order chi connectivity index (χ0) is 30.1. The third kappa shape index (κ3) is 4.71. The molecule has 1 N–H and O–H groups in total. The van der Waals surface area contributed by atoms with Crippen molar-refractivity contribution in [2.75, 3.05) is 26.7 Å². The molecule has 5 heterocycles. The highest BCUT2D eigenvalue weighted by molar-refractivity contribution is 6.02. The first-order valence-corrected chi connectivity index (χ1v) is 14.5. The zero-order valence-electron chi connectivity index (χ0n) is 25.3. The predicted molar refractivity (Wildman–Crippen MR) is 159 cm³/mol. The fraction of sp³-hybridized carbons (Fsp3) is 0.469. The largest absolute Gasteiger partial charge is 0.490 e. The van der Waals surface area contributed by atoms with Crippen LogP contribution in [0.5, 0.6) is 11.5 Å². The number of halogens is 1. The van der Waals surface area contributed by atoms with E-state index < -0.39 is 17.4 Å². The molecule has 0 bridgehead atoms. The number of aromatic nitrogens is 4. The van der Waals surface area contributed by atoms with Gasteiger partial charge in [0, 0.05) is 54.1 Å². The van der Waals surface area contributed by atoms with E-state index in [1.807, 2.05) is 69.2 Å². The summed E-state index contributed by atoms with van der Waals surface area (Å²) in [5.41, 5.74) is 5.50. The number of rotatable bonds is 6. The molecule has 2 aliphatic heterocycles. The van der Waals surface area contributed by atoms with Crippen molar-refractivity contribution in [3.63, 3.8) is 0 Å². The van der Waals surface area contributed by atoms with E-state index in [-0.39, 0.29) is 17.9 Å². The molecule has 0 atom stereocenters. The highest BCUT2D eigenvalue weighted by atomic mass is 19.1. The molecular weight excluding hydrogens is 537 g/mol. The average molecular weight is 576 g/mol. The fourth-order valence-electron chi connectivity index (χ4n) is 6.31. The highest BCUT2D eigenvalue weighted by Crippen LogP contribution is 2.49. The second-order valence-electron chi connectivity index (χ2n) is 12.6. The molecule has 0 aliphatic carbocycles. The van der Waals surface area contributed by atoms with Gasteiger partial charge >= 0.3 is 5.97 Å². The Kier molecular flexibility index (Phi) is 6.79. The van der Waals surface area contributed by atoms with Gasteiger partial charge in [-0.25, -0.2) is 4.98 Å². The molecule has 0 radical (unpaired) electrons. The minimum atomic E-state index is -0.987. The van der Waals surface area contributed by atoms with Crippen LogP contribution in [-0.4, -0.2) is 67.7 Å². The summed E-state index contributed by atoms with van der Waals surface area (Å²) >= 11 is 0. The van der Waals surface area contributed by atoms with Crippen LogP contribution in [0.25, 0.3) is 33.5 Å². The molecule has 1 saturated heterocycles.